The van der Waals surface area contributed by atoms with E-state index in [9.17, 15) is 4.79 Å². The summed E-state index contributed by atoms with van der Waals surface area (Å²) < 4.78 is 4.98. The standard InChI is InChI=1S/C13H16N2O2/c1-2-17-13(16)12-14-8-9-15(12)10-11-6-4-3-5-7-11/h3-7H,2,8-10H2,1H3. The van der Waals surface area contributed by atoms with E-state index < -0.39 is 0 Å². The Kier molecular flexibility index (Phi) is 3.75. The monoisotopic (exact) mass is 232 g/mol. The maximum Gasteiger partial charge on any atom is 0.373 e. The van der Waals surface area contributed by atoms with Crippen molar-refractivity contribution >= 4 is 11.8 Å². The maximum absolute atomic E-state index is 11.7. The number of rotatable bonds is 4. The van der Waals surface area contributed by atoms with E-state index in [-0.39, 0.29) is 5.97 Å². The number of hydrogen-bond donors (Lipinski definition) is 0. The molecular formula is C13H16N2O2. The Morgan fingerprint density at radius 2 is 2.18 bits per heavy atom. The van der Waals surface area contributed by atoms with E-state index in [0.29, 0.717) is 25.5 Å². The summed E-state index contributed by atoms with van der Waals surface area (Å²) in [7, 11) is 0. The van der Waals surface area contributed by atoms with Crippen LogP contribution in [0.4, 0.5) is 0 Å². The molecule has 0 amide bonds. The van der Waals surface area contributed by atoms with Gasteiger partial charge >= 0.3 is 5.97 Å². The first-order chi connectivity index (χ1) is 8.31. The molecule has 1 aliphatic heterocycles. The number of aliphatic imine (C=N–C) groups is 1. The van der Waals surface area contributed by atoms with Gasteiger partial charge in [0, 0.05) is 13.1 Å². The zero-order valence-electron chi connectivity index (χ0n) is 9.93. The third-order valence-corrected chi connectivity index (χ3v) is 2.61. The summed E-state index contributed by atoms with van der Waals surface area (Å²) in [6.07, 6.45) is 0. The zero-order chi connectivity index (χ0) is 12.1. The number of carbonyl (C=O) groups is 1. The van der Waals surface area contributed by atoms with Crippen molar-refractivity contribution in [2.24, 2.45) is 4.99 Å². The van der Waals surface area contributed by atoms with Gasteiger partial charge in [0.2, 0.25) is 5.84 Å². The van der Waals surface area contributed by atoms with Gasteiger partial charge in [-0.05, 0) is 12.5 Å². The molecule has 4 nitrogen and oxygen atoms in total. The first-order valence-electron chi connectivity index (χ1n) is 5.81. The Hall–Kier alpha value is -1.84. The molecule has 0 unspecified atom stereocenters. The van der Waals surface area contributed by atoms with Gasteiger partial charge in [-0.2, -0.15) is 0 Å². The van der Waals surface area contributed by atoms with Crippen LogP contribution in [0, 0.1) is 0 Å². The van der Waals surface area contributed by atoms with Crippen LogP contribution in [0.25, 0.3) is 0 Å². The molecule has 2 rings (SSSR count). The van der Waals surface area contributed by atoms with Gasteiger partial charge in [0.1, 0.15) is 0 Å². The molecule has 0 atom stereocenters. The van der Waals surface area contributed by atoms with E-state index in [2.05, 4.69) is 4.99 Å². The second-order valence-electron chi connectivity index (χ2n) is 3.83. The third kappa shape index (κ3) is 2.84. The molecule has 1 aliphatic rings. The van der Waals surface area contributed by atoms with Crippen molar-refractivity contribution in [1.82, 2.24) is 4.90 Å². The molecule has 90 valence electrons. The molecule has 0 aliphatic carbocycles. The van der Waals surface area contributed by atoms with Crippen molar-refractivity contribution in [3.05, 3.63) is 35.9 Å². The van der Waals surface area contributed by atoms with Crippen molar-refractivity contribution in [3.8, 4) is 0 Å². The van der Waals surface area contributed by atoms with Crippen molar-refractivity contribution in [1.29, 1.82) is 0 Å². The minimum atomic E-state index is -0.319. The van der Waals surface area contributed by atoms with Gasteiger partial charge < -0.3 is 9.64 Å². The van der Waals surface area contributed by atoms with Crippen LogP contribution in [0.2, 0.25) is 0 Å². The molecule has 0 spiro atoms. The normalized spacial score (nSPS) is 14.6. The highest BCUT2D eigenvalue weighted by Crippen LogP contribution is 2.10. The Morgan fingerprint density at radius 1 is 1.41 bits per heavy atom. The van der Waals surface area contributed by atoms with Crippen molar-refractivity contribution < 1.29 is 9.53 Å². The van der Waals surface area contributed by atoms with Crippen molar-refractivity contribution in [2.75, 3.05) is 19.7 Å². The van der Waals surface area contributed by atoms with E-state index in [1.54, 1.807) is 6.92 Å². The van der Waals surface area contributed by atoms with Gasteiger partial charge in [0.05, 0.1) is 13.2 Å². The van der Waals surface area contributed by atoms with Gasteiger partial charge in [-0.15, -0.1) is 0 Å². The molecule has 17 heavy (non-hydrogen) atoms. The Labute approximate surface area is 101 Å². The van der Waals surface area contributed by atoms with E-state index in [4.69, 9.17) is 4.74 Å². The molecule has 0 bridgehead atoms. The summed E-state index contributed by atoms with van der Waals surface area (Å²) in [5.74, 6) is 0.136. The second kappa shape index (κ2) is 5.48. The lowest BCUT2D eigenvalue weighted by Gasteiger charge is -2.18. The smallest absolute Gasteiger partial charge is 0.373 e. The number of esters is 1. The van der Waals surface area contributed by atoms with Gasteiger partial charge in [-0.3, -0.25) is 4.99 Å². The minimum Gasteiger partial charge on any atom is -0.460 e. The van der Waals surface area contributed by atoms with Crippen LogP contribution >= 0.6 is 0 Å². The van der Waals surface area contributed by atoms with Gasteiger partial charge in [-0.25, -0.2) is 4.79 Å². The number of benzene rings is 1. The summed E-state index contributed by atoms with van der Waals surface area (Å²) in [5.41, 5.74) is 1.17. The van der Waals surface area contributed by atoms with Crippen LogP contribution in [0.1, 0.15) is 12.5 Å². The highest BCUT2D eigenvalue weighted by molar-refractivity contribution is 6.35. The minimum absolute atomic E-state index is 0.319. The molecule has 1 aromatic rings. The van der Waals surface area contributed by atoms with E-state index in [0.717, 1.165) is 6.54 Å². The van der Waals surface area contributed by atoms with Crippen LogP contribution in [-0.4, -0.2) is 36.4 Å². The van der Waals surface area contributed by atoms with Crippen LogP contribution in [0.5, 0.6) is 0 Å². The summed E-state index contributed by atoms with van der Waals surface area (Å²) in [6, 6.07) is 10.1. The summed E-state index contributed by atoms with van der Waals surface area (Å²) in [4.78, 5) is 17.8. The van der Waals surface area contributed by atoms with E-state index in [1.165, 1.54) is 5.56 Å². The predicted molar refractivity (Wildman–Crippen MR) is 65.8 cm³/mol. The van der Waals surface area contributed by atoms with E-state index in [1.807, 2.05) is 35.2 Å². The molecule has 0 saturated heterocycles. The fraction of sp³-hybridized carbons (Fsp3) is 0.385. The molecular weight excluding hydrogens is 216 g/mol. The van der Waals surface area contributed by atoms with Gasteiger partial charge in [0.25, 0.3) is 0 Å². The highest BCUT2D eigenvalue weighted by Gasteiger charge is 2.24. The quantitative estimate of drug-likeness (QED) is 0.738. The average Bonchev–Trinajstić information content (AvgIpc) is 2.79. The van der Waals surface area contributed by atoms with Crippen LogP contribution in [-0.2, 0) is 16.1 Å². The van der Waals surface area contributed by atoms with Crippen LogP contribution < -0.4 is 0 Å². The molecule has 0 aromatic heterocycles. The lowest BCUT2D eigenvalue weighted by molar-refractivity contribution is -0.135. The lowest BCUT2D eigenvalue weighted by atomic mass is 10.2. The number of amidine groups is 1. The number of nitrogens with zero attached hydrogens (tertiary/aromatic N) is 2. The third-order valence-electron chi connectivity index (χ3n) is 2.61. The Morgan fingerprint density at radius 3 is 2.88 bits per heavy atom. The number of hydrogen-bond acceptors (Lipinski definition) is 4. The van der Waals surface area contributed by atoms with Gasteiger partial charge in [-0.1, -0.05) is 30.3 Å². The summed E-state index contributed by atoms with van der Waals surface area (Å²) >= 11 is 0. The molecule has 0 saturated carbocycles. The highest BCUT2D eigenvalue weighted by atomic mass is 16.5. The molecule has 0 N–H and O–H groups in total. The lowest BCUT2D eigenvalue weighted by Crippen LogP contribution is -2.34. The summed E-state index contributed by atoms with van der Waals surface area (Å²) in [6.45, 7) is 4.34. The van der Waals surface area contributed by atoms with Gasteiger partial charge in [0.15, 0.2) is 0 Å². The number of carbonyl (C=O) groups excluding carboxylic acids is 1. The van der Waals surface area contributed by atoms with Crippen LogP contribution in [0.3, 0.4) is 0 Å². The molecule has 0 radical (unpaired) electrons. The molecule has 4 heteroatoms. The zero-order valence-corrected chi connectivity index (χ0v) is 9.93. The van der Waals surface area contributed by atoms with Crippen molar-refractivity contribution in [3.63, 3.8) is 0 Å². The molecule has 0 fully saturated rings. The molecule has 1 aromatic carbocycles. The first kappa shape index (κ1) is 11.6. The fourth-order valence-electron chi connectivity index (χ4n) is 1.83. The van der Waals surface area contributed by atoms with Crippen molar-refractivity contribution in [2.45, 2.75) is 13.5 Å². The van der Waals surface area contributed by atoms with E-state index >= 15 is 0 Å². The topological polar surface area (TPSA) is 41.9 Å². The predicted octanol–water partition coefficient (Wildman–Crippen LogP) is 1.46. The second-order valence-corrected chi connectivity index (χ2v) is 3.83. The maximum atomic E-state index is 11.7. The Bertz CT molecular complexity index is 415. The average molecular weight is 232 g/mol. The first-order valence-corrected chi connectivity index (χ1v) is 5.81. The van der Waals surface area contributed by atoms with Crippen LogP contribution in [0.15, 0.2) is 35.3 Å². The molecule has 1 heterocycles. The summed E-state index contributed by atoms with van der Waals surface area (Å²) in [5, 5.41) is 0. The Balaban J connectivity index is 2.02. The number of ether oxygens (including phenoxy) is 1. The SMILES string of the molecule is CCOC(=O)C1=NCCN1Cc1ccccc1. The fourth-order valence-corrected chi connectivity index (χ4v) is 1.83. The largest absolute Gasteiger partial charge is 0.460 e.